The molecule has 0 aliphatic carbocycles. The number of aromatic nitrogens is 2. The molecule has 3 rings (SSSR count). The van der Waals surface area contributed by atoms with E-state index in [1.54, 1.807) is 6.92 Å². The largest absolute Gasteiger partial charge is 0.306 e. The van der Waals surface area contributed by atoms with Crippen molar-refractivity contribution in [1.29, 1.82) is 0 Å². The van der Waals surface area contributed by atoms with Crippen LogP contribution >= 0.6 is 11.8 Å². The minimum absolute atomic E-state index is 0.0580. The smallest absolute Gasteiger partial charge is 0.254 e. The van der Waals surface area contributed by atoms with E-state index in [4.69, 9.17) is 0 Å². The summed E-state index contributed by atoms with van der Waals surface area (Å²) in [5, 5.41) is 0. The Labute approximate surface area is 135 Å². The Balaban J connectivity index is 1.77. The highest BCUT2D eigenvalue weighted by Crippen LogP contribution is 2.18. The Kier molecular flexibility index (Phi) is 4.64. The molecule has 5 heteroatoms. The predicted octanol–water partition coefficient (Wildman–Crippen LogP) is 2.60. The van der Waals surface area contributed by atoms with Crippen molar-refractivity contribution in [3.05, 3.63) is 51.4 Å². The Morgan fingerprint density at radius 2 is 1.86 bits per heavy atom. The average molecular weight is 315 g/mol. The van der Waals surface area contributed by atoms with Crippen molar-refractivity contribution in [2.75, 3.05) is 24.6 Å². The van der Waals surface area contributed by atoms with Crippen LogP contribution in [0.3, 0.4) is 0 Å². The number of H-pyrrole nitrogens is 1. The van der Waals surface area contributed by atoms with Gasteiger partial charge < -0.3 is 4.98 Å². The van der Waals surface area contributed by atoms with Crippen molar-refractivity contribution in [1.82, 2.24) is 14.9 Å². The molecule has 0 atom stereocenters. The normalized spacial score (nSPS) is 15.9. The van der Waals surface area contributed by atoms with Crippen LogP contribution in [0.15, 0.2) is 29.1 Å². The number of benzene rings is 1. The maximum Gasteiger partial charge on any atom is 0.254 e. The number of hydrogen-bond acceptors (Lipinski definition) is 4. The van der Waals surface area contributed by atoms with Gasteiger partial charge in [0.1, 0.15) is 5.82 Å². The van der Waals surface area contributed by atoms with Crippen LogP contribution in [0.5, 0.6) is 0 Å². The van der Waals surface area contributed by atoms with Gasteiger partial charge >= 0.3 is 0 Å². The molecule has 0 unspecified atom stereocenters. The van der Waals surface area contributed by atoms with Crippen LogP contribution in [-0.4, -0.2) is 39.5 Å². The fourth-order valence-corrected chi connectivity index (χ4v) is 3.55. The zero-order chi connectivity index (χ0) is 15.5. The number of hydrogen-bond donors (Lipinski definition) is 1. The van der Waals surface area contributed by atoms with Crippen LogP contribution in [0.4, 0.5) is 0 Å². The summed E-state index contributed by atoms with van der Waals surface area (Å²) in [4.78, 5) is 21.7. The van der Waals surface area contributed by atoms with E-state index in [9.17, 15) is 4.79 Å². The van der Waals surface area contributed by atoms with Crippen LogP contribution in [-0.2, 0) is 6.54 Å². The molecule has 1 N–H and O–H groups in total. The van der Waals surface area contributed by atoms with Gasteiger partial charge in [-0.3, -0.25) is 9.69 Å². The van der Waals surface area contributed by atoms with Crippen LogP contribution in [0.2, 0.25) is 0 Å². The number of aromatic amines is 1. The Hall–Kier alpha value is -1.59. The number of rotatable bonds is 3. The summed E-state index contributed by atoms with van der Waals surface area (Å²) in [6.07, 6.45) is 0. The zero-order valence-corrected chi connectivity index (χ0v) is 13.9. The van der Waals surface area contributed by atoms with Crippen LogP contribution in [0, 0.1) is 13.8 Å². The van der Waals surface area contributed by atoms with Crippen molar-refractivity contribution in [2.45, 2.75) is 20.4 Å². The van der Waals surface area contributed by atoms with E-state index in [1.807, 2.05) is 30.8 Å². The lowest BCUT2D eigenvalue weighted by molar-refractivity contribution is 0.294. The van der Waals surface area contributed by atoms with Crippen LogP contribution in [0.1, 0.15) is 16.8 Å². The van der Waals surface area contributed by atoms with E-state index in [0.717, 1.165) is 17.8 Å². The van der Waals surface area contributed by atoms with Gasteiger partial charge in [-0.25, -0.2) is 4.98 Å². The summed E-state index contributed by atoms with van der Waals surface area (Å²) >= 11 is 2.03. The molecule has 0 saturated carbocycles. The first-order valence-corrected chi connectivity index (χ1v) is 8.76. The van der Waals surface area contributed by atoms with Gasteiger partial charge in [-0.05, 0) is 19.4 Å². The maximum atomic E-state index is 11.9. The van der Waals surface area contributed by atoms with Gasteiger partial charge in [0.2, 0.25) is 0 Å². The van der Waals surface area contributed by atoms with Crippen LogP contribution in [0.25, 0.3) is 11.4 Å². The third-order valence-electron chi connectivity index (χ3n) is 4.13. The first-order chi connectivity index (χ1) is 10.6. The van der Waals surface area contributed by atoms with E-state index in [1.165, 1.54) is 30.2 Å². The molecule has 1 aromatic heterocycles. The van der Waals surface area contributed by atoms with Gasteiger partial charge in [-0.15, -0.1) is 0 Å². The maximum absolute atomic E-state index is 11.9. The molecule has 116 valence electrons. The summed E-state index contributed by atoms with van der Waals surface area (Å²) in [5.41, 5.74) is 3.68. The van der Waals surface area contributed by atoms with E-state index >= 15 is 0 Å². The molecule has 0 radical (unpaired) electrons. The fourth-order valence-electron chi connectivity index (χ4n) is 2.57. The quantitative estimate of drug-likeness (QED) is 0.946. The molecular formula is C17H21N3OS. The van der Waals surface area contributed by atoms with Crippen molar-refractivity contribution < 1.29 is 0 Å². The lowest BCUT2D eigenvalue weighted by Gasteiger charge is -2.26. The van der Waals surface area contributed by atoms with E-state index in [0.29, 0.717) is 11.4 Å². The second-order valence-electron chi connectivity index (χ2n) is 5.71. The van der Waals surface area contributed by atoms with Crippen LogP contribution < -0.4 is 5.56 Å². The first kappa shape index (κ1) is 15.3. The molecule has 2 heterocycles. The summed E-state index contributed by atoms with van der Waals surface area (Å²) in [5.74, 6) is 3.10. The number of nitrogens with zero attached hydrogens (tertiary/aromatic N) is 2. The lowest BCUT2D eigenvalue weighted by Crippen LogP contribution is -2.31. The Bertz CT molecular complexity index is 703. The molecule has 0 bridgehead atoms. The molecule has 0 spiro atoms. The molecule has 22 heavy (non-hydrogen) atoms. The molecule has 2 aromatic rings. The SMILES string of the molecule is Cc1nc(-c2ccc(CN3CCSCC3)cc2)[nH]c(=O)c1C. The predicted molar refractivity (Wildman–Crippen MR) is 92.4 cm³/mol. The summed E-state index contributed by atoms with van der Waals surface area (Å²) < 4.78 is 0. The van der Waals surface area contributed by atoms with Gasteiger partial charge in [0, 0.05) is 48.0 Å². The fraction of sp³-hybridized carbons (Fsp3) is 0.412. The molecule has 4 nitrogen and oxygen atoms in total. The van der Waals surface area contributed by atoms with E-state index < -0.39 is 0 Å². The molecule has 1 aromatic carbocycles. The summed E-state index contributed by atoms with van der Waals surface area (Å²) in [6, 6.07) is 8.35. The number of thioether (sulfide) groups is 1. The highest BCUT2D eigenvalue weighted by molar-refractivity contribution is 7.99. The molecule has 1 fully saturated rings. The summed E-state index contributed by atoms with van der Waals surface area (Å²) in [7, 11) is 0. The van der Waals surface area contributed by atoms with E-state index in [-0.39, 0.29) is 5.56 Å². The second kappa shape index (κ2) is 6.67. The second-order valence-corrected chi connectivity index (χ2v) is 6.94. The lowest BCUT2D eigenvalue weighted by atomic mass is 10.1. The van der Waals surface area contributed by atoms with Gasteiger partial charge in [0.05, 0.1) is 0 Å². The van der Waals surface area contributed by atoms with Crippen molar-refractivity contribution in [3.8, 4) is 11.4 Å². The Morgan fingerprint density at radius 1 is 1.18 bits per heavy atom. The Morgan fingerprint density at radius 3 is 2.50 bits per heavy atom. The first-order valence-electron chi connectivity index (χ1n) is 7.60. The van der Waals surface area contributed by atoms with Gasteiger partial charge in [-0.2, -0.15) is 11.8 Å². The molecule has 1 saturated heterocycles. The van der Waals surface area contributed by atoms with Gasteiger partial charge in [0.25, 0.3) is 5.56 Å². The molecule has 0 amide bonds. The van der Waals surface area contributed by atoms with Crippen molar-refractivity contribution >= 4 is 11.8 Å². The topological polar surface area (TPSA) is 49.0 Å². The van der Waals surface area contributed by atoms with Crippen molar-refractivity contribution in [2.24, 2.45) is 0 Å². The number of nitrogens with one attached hydrogen (secondary N) is 1. The molecular weight excluding hydrogens is 294 g/mol. The summed E-state index contributed by atoms with van der Waals surface area (Å²) in [6.45, 7) is 7.00. The highest BCUT2D eigenvalue weighted by atomic mass is 32.2. The average Bonchev–Trinajstić information content (AvgIpc) is 2.54. The highest BCUT2D eigenvalue weighted by Gasteiger charge is 2.11. The monoisotopic (exact) mass is 315 g/mol. The molecule has 1 aliphatic heterocycles. The number of aryl methyl sites for hydroxylation is 1. The third kappa shape index (κ3) is 3.42. The third-order valence-corrected chi connectivity index (χ3v) is 5.07. The van der Waals surface area contributed by atoms with Crippen molar-refractivity contribution in [3.63, 3.8) is 0 Å². The van der Waals surface area contributed by atoms with E-state index in [2.05, 4.69) is 27.0 Å². The minimum Gasteiger partial charge on any atom is -0.306 e. The molecule has 1 aliphatic rings. The standard InChI is InChI=1S/C17H21N3OS/c1-12-13(2)18-16(19-17(12)21)15-5-3-14(4-6-15)11-20-7-9-22-10-8-20/h3-6H,7-11H2,1-2H3,(H,18,19,21). The zero-order valence-electron chi connectivity index (χ0n) is 13.1. The minimum atomic E-state index is -0.0580. The van der Waals surface area contributed by atoms with Gasteiger partial charge in [-0.1, -0.05) is 24.3 Å². The van der Waals surface area contributed by atoms with Gasteiger partial charge in [0.15, 0.2) is 0 Å².